The van der Waals surface area contributed by atoms with Crippen molar-refractivity contribution in [3.63, 3.8) is 0 Å². The van der Waals surface area contributed by atoms with Crippen LogP contribution < -0.4 is 0 Å². The summed E-state index contributed by atoms with van der Waals surface area (Å²) in [4.78, 5) is 13.6. The fourth-order valence-electron chi connectivity index (χ4n) is 1.18. The molecule has 0 bridgehead atoms. The molecule has 16 heavy (non-hydrogen) atoms. The van der Waals surface area contributed by atoms with Crippen LogP contribution in [0.4, 0.5) is 0 Å². The maximum absolute atomic E-state index is 11.8. The number of aryl methyl sites for hydroxylation is 1. The number of halogens is 1. The molecule has 0 aliphatic heterocycles. The fraction of sp³-hybridized carbons (Fsp3) is 0.200. The average molecular weight is 317 g/mol. The van der Waals surface area contributed by atoms with Crippen LogP contribution in [0.5, 0.6) is 0 Å². The molecule has 2 aromatic heterocycles. The van der Waals surface area contributed by atoms with E-state index in [1.54, 1.807) is 10.9 Å². The first kappa shape index (κ1) is 11.9. The van der Waals surface area contributed by atoms with Gasteiger partial charge in [0.15, 0.2) is 5.78 Å². The fourth-order valence-corrected chi connectivity index (χ4v) is 3.60. The van der Waals surface area contributed by atoms with Crippen molar-refractivity contribution in [3.8, 4) is 0 Å². The SMILES string of the molecule is Cn1cc(SCC(=O)c2sccc2Br)cn1. The normalized spacial score (nSPS) is 10.6. The zero-order valence-electron chi connectivity index (χ0n) is 8.51. The second-order valence-electron chi connectivity index (χ2n) is 3.16. The highest BCUT2D eigenvalue weighted by molar-refractivity contribution is 9.10. The summed E-state index contributed by atoms with van der Waals surface area (Å²) < 4.78 is 2.61. The molecule has 0 aromatic carbocycles. The molecule has 2 rings (SSSR count). The zero-order valence-corrected chi connectivity index (χ0v) is 11.7. The Labute approximate surface area is 110 Å². The highest BCUT2D eigenvalue weighted by Crippen LogP contribution is 2.26. The third-order valence-electron chi connectivity index (χ3n) is 1.92. The van der Waals surface area contributed by atoms with E-state index in [2.05, 4.69) is 21.0 Å². The molecular weight excluding hydrogens is 308 g/mol. The Morgan fingerprint density at radius 3 is 3.06 bits per heavy atom. The van der Waals surface area contributed by atoms with E-state index in [0.717, 1.165) is 14.2 Å². The lowest BCUT2D eigenvalue weighted by molar-refractivity contribution is 0.102. The smallest absolute Gasteiger partial charge is 0.184 e. The molecule has 0 aliphatic carbocycles. The molecule has 0 N–H and O–H groups in total. The first-order valence-electron chi connectivity index (χ1n) is 4.54. The molecule has 0 fully saturated rings. The third kappa shape index (κ3) is 2.75. The number of aromatic nitrogens is 2. The number of Topliss-reactive ketones (excluding diaryl/α,β-unsaturated/α-hetero) is 1. The van der Waals surface area contributed by atoms with Gasteiger partial charge in [0.1, 0.15) is 0 Å². The molecule has 6 heteroatoms. The quantitative estimate of drug-likeness (QED) is 0.641. The molecule has 3 nitrogen and oxygen atoms in total. The first-order valence-corrected chi connectivity index (χ1v) is 7.20. The number of thiophene rings is 1. The predicted molar refractivity (Wildman–Crippen MR) is 70.3 cm³/mol. The molecular formula is C10H9BrN2OS2. The van der Waals surface area contributed by atoms with Crippen molar-refractivity contribution in [1.82, 2.24) is 9.78 Å². The predicted octanol–water partition coefficient (Wildman–Crippen LogP) is 3.22. The van der Waals surface area contributed by atoms with Gasteiger partial charge in [-0.25, -0.2) is 0 Å². The van der Waals surface area contributed by atoms with Crippen LogP contribution in [0.25, 0.3) is 0 Å². The van der Waals surface area contributed by atoms with Gasteiger partial charge in [-0.05, 0) is 27.4 Å². The number of hydrogen-bond acceptors (Lipinski definition) is 4. The van der Waals surface area contributed by atoms with E-state index in [1.165, 1.54) is 23.1 Å². The number of carbonyl (C=O) groups is 1. The van der Waals surface area contributed by atoms with Gasteiger partial charge in [0.05, 0.1) is 16.8 Å². The van der Waals surface area contributed by atoms with Crippen molar-refractivity contribution < 1.29 is 4.79 Å². The number of carbonyl (C=O) groups excluding carboxylic acids is 1. The van der Waals surface area contributed by atoms with E-state index < -0.39 is 0 Å². The van der Waals surface area contributed by atoms with Crippen LogP contribution in [-0.2, 0) is 7.05 Å². The third-order valence-corrected chi connectivity index (χ3v) is 4.75. The lowest BCUT2D eigenvalue weighted by atomic mass is 10.3. The van der Waals surface area contributed by atoms with Gasteiger partial charge in [-0.1, -0.05) is 0 Å². The van der Waals surface area contributed by atoms with Crippen LogP contribution in [0.1, 0.15) is 9.67 Å². The Kier molecular flexibility index (Phi) is 3.83. The van der Waals surface area contributed by atoms with Gasteiger partial charge in [-0.15, -0.1) is 23.1 Å². The number of ketones is 1. The minimum Gasteiger partial charge on any atom is -0.292 e. The van der Waals surface area contributed by atoms with E-state index in [1.807, 2.05) is 24.7 Å². The van der Waals surface area contributed by atoms with Gasteiger partial charge < -0.3 is 0 Å². The second kappa shape index (κ2) is 5.16. The molecule has 0 spiro atoms. The first-order chi connectivity index (χ1) is 7.66. The number of thioether (sulfide) groups is 1. The molecule has 2 aromatic rings. The van der Waals surface area contributed by atoms with Crippen LogP contribution >= 0.6 is 39.0 Å². The van der Waals surface area contributed by atoms with Crippen LogP contribution in [0.15, 0.2) is 33.2 Å². The van der Waals surface area contributed by atoms with Crippen LogP contribution in [-0.4, -0.2) is 21.3 Å². The van der Waals surface area contributed by atoms with Gasteiger partial charge in [0.25, 0.3) is 0 Å². The Morgan fingerprint density at radius 1 is 1.69 bits per heavy atom. The maximum Gasteiger partial charge on any atom is 0.184 e. The number of nitrogens with zero attached hydrogens (tertiary/aromatic N) is 2. The lowest BCUT2D eigenvalue weighted by Crippen LogP contribution is -1.99. The van der Waals surface area contributed by atoms with Crippen molar-refractivity contribution in [3.05, 3.63) is 33.2 Å². The molecule has 0 unspecified atom stereocenters. The van der Waals surface area contributed by atoms with E-state index in [4.69, 9.17) is 0 Å². The highest BCUT2D eigenvalue weighted by atomic mass is 79.9. The standard InChI is InChI=1S/C10H9BrN2OS2/c1-13-5-7(4-12-13)16-6-9(14)10-8(11)2-3-15-10/h2-5H,6H2,1H3. The largest absolute Gasteiger partial charge is 0.292 e. The zero-order chi connectivity index (χ0) is 11.5. The molecule has 0 saturated carbocycles. The Bertz CT molecular complexity index is 506. The summed E-state index contributed by atoms with van der Waals surface area (Å²) in [5.74, 6) is 0.598. The van der Waals surface area contributed by atoms with E-state index >= 15 is 0 Å². The summed E-state index contributed by atoms with van der Waals surface area (Å²) in [5.41, 5.74) is 0. The summed E-state index contributed by atoms with van der Waals surface area (Å²) >= 11 is 6.34. The molecule has 2 heterocycles. The van der Waals surface area contributed by atoms with Crippen LogP contribution in [0.2, 0.25) is 0 Å². The molecule has 84 valence electrons. The van der Waals surface area contributed by atoms with E-state index in [0.29, 0.717) is 5.75 Å². The van der Waals surface area contributed by atoms with Crippen molar-refractivity contribution in [2.24, 2.45) is 7.05 Å². The molecule has 0 radical (unpaired) electrons. The second-order valence-corrected chi connectivity index (χ2v) is 5.98. The van der Waals surface area contributed by atoms with Crippen LogP contribution in [0, 0.1) is 0 Å². The van der Waals surface area contributed by atoms with E-state index in [-0.39, 0.29) is 5.78 Å². The van der Waals surface area contributed by atoms with Gasteiger partial charge in [-0.2, -0.15) is 5.10 Å². The topological polar surface area (TPSA) is 34.9 Å². The maximum atomic E-state index is 11.8. The van der Waals surface area contributed by atoms with Gasteiger partial charge in [0.2, 0.25) is 0 Å². The minimum absolute atomic E-state index is 0.149. The molecule has 0 atom stereocenters. The minimum atomic E-state index is 0.149. The summed E-state index contributed by atoms with van der Waals surface area (Å²) in [6, 6.07) is 1.90. The van der Waals surface area contributed by atoms with Gasteiger partial charge >= 0.3 is 0 Å². The van der Waals surface area contributed by atoms with Crippen molar-refractivity contribution in [2.45, 2.75) is 4.90 Å². The number of rotatable bonds is 4. The van der Waals surface area contributed by atoms with Gasteiger partial charge in [-0.3, -0.25) is 9.48 Å². The van der Waals surface area contributed by atoms with E-state index in [9.17, 15) is 4.79 Å². The number of hydrogen-bond donors (Lipinski definition) is 0. The Balaban J connectivity index is 1.96. The Morgan fingerprint density at radius 2 is 2.50 bits per heavy atom. The summed E-state index contributed by atoms with van der Waals surface area (Å²) in [6.45, 7) is 0. The highest BCUT2D eigenvalue weighted by Gasteiger charge is 2.12. The summed E-state index contributed by atoms with van der Waals surface area (Å²) in [7, 11) is 1.86. The van der Waals surface area contributed by atoms with Crippen molar-refractivity contribution in [2.75, 3.05) is 5.75 Å². The Hall–Kier alpha value is -0.590. The molecule has 0 aliphatic rings. The van der Waals surface area contributed by atoms with Gasteiger partial charge in [0, 0.05) is 22.6 Å². The molecule has 0 amide bonds. The summed E-state index contributed by atoms with van der Waals surface area (Å²) in [5, 5.41) is 5.96. The molecule has 0 saturated heterocycles. The van der Waals surface area contributed by atoms with Crippen LogP contribution in [0.3, 0.4) is 0 Å². The van der Waals surface area contributed by atoms with Crippen molar-refractivity contribution >= 4 is 44.8 Å². The summed E-state index contributed by atoms with van der Waals surface area (Å²) in [6.07, 6.45) is 3.67. The average Bonchev–Trinajstić information content (AvgIpc) is 2.84. The monoisotopic (exact) mass is 316 g/mol. The lowest BCUT2D eigenvalue weighted by Gasteiger charge is -1.97. The van der Waals surface area contributed by atoms with Crippen molar-refractivity contribution in [1.29, 1.82) is 0 Å².